The van der Waals surface area contributed by atoms with Gasteiger partial charge in [0.05, 0.1) is 18.9 Å². The van der Waals surface area contributed by atoms with Crippen LogP contribution in [0.4, 0.5) is 0 Å². The fourth-order valence-electron chi connectivity index (χ4n) is 1.61. The van der Waals surface area contributed by atoms with Crippen LogP contribution in [0, 0.1) is 5.92 Å². The predicted molar refractivity (Wildman–Crippen MR) is 45.7 cm³/mol. The lowest BCUT2D eigenvalue weighted by Crippen LogP contribution is -2.35. The van der Waals surface area contributed by atoms with Crippen LogP contribution < -0.4 is 0 Å². The van der Waals surface area contributed by atoms with Crippen molar-refractivity contribution in [2.75, 3.05) is 19.8 Å². The first kappa shape index (κ1) is 9.14. The van der Waals surface area contributed by atoms with Gasteiger partial charge in [-0.05, 0) is 0 Å². The number of nitrogens with zero attached hydrogens (tertiary/aromatic N) is 2. The zero-order valence-corrected chi connectivity index (χ0v) is 7.47. The molecule has 0 aromatic heterocycles. The van der Waals surface area contributed by atoms with Gasteiger partial charge in [-0.2, -0.15) is 5.10 Å². The van der Waals surface area contributed by atoms with Crippen molar-refractivity contribution in [2.45, 2.75) is 6.42 Å². The third-order valence-corrected chi connectivity index (χ3v) is 2.28. The summed E-state index contributed by atoms with van der Waals surface area (Å²) < 4.78 is 5.13. The van der Waals surface area contributed by atoms with Gasteiger partial charge in [-0.1, -0.05) is 0 Å². The standard InChI is InChI=1S/C8H10N2O4/c11-7(12)3-10-8(13)5-4-14-2-1-6(5)9-10/h5H,1-4H2,(H,11,12). The Morgan fingerprint density at radius 1 is 1.71 bits per heavy atom. The maximum atomic E-state index is 11.5. The van der Waals surface area contributed by atoms with E-state index in [1.807, 2.05) is 0 Å². The van der Waals surface area contributed by atoms with E-state index in [2.05, 4.69) is 5.10 Å². The molecule has 1 N–H and O–H groups in total. The number of hydrogen-bond acceptors (Lipinski definition) is 4. The SMILES string of the molecule is O=C(O)CN1N=C2CCOCC2C1=O. The highest BCUT2D eigenvalue weighted by molar-refractivity contribution is 6.09. The maximum absolute atomic E-state index is 11.5. The molecule has 0 spiro atoms. The number of hydrogen-bond donors (Lipinski definition) is 1. The van der Waals surface area contributed by atoms with Crippen molar-refractivity contribution < 1.29 is 19.4 Å². The number of ether oxygens (including phenoxy) is 1. The summed E-state index contributed by atoms with van der Waals surface area (Å²) in [6, 6.07) is 0. The molecule has 0 aliphatic carbocycles. The van der Waals surface area contributed by atoms with Gasteiger partial charge in [0.15, 0.2) is 0 Å². The molecule has 1 unspecified atom stereocenters. The minimum atomic E-state index is -1.05. The number of carbonyl (C=O) groups is 2. The normalized spacial score (nSPS) is 26.0. The van der Waals surface area contributed by atoms with E-state index < -0.39 is 5.97 Å². The van der Waals surface area contributed by atoms with E-state index in [1.54, 1.807) is 0 Å². The molecule has 1 atom stereocenters. The number of fused-ring (bicyclic) bond motifs is 1. The van der Waals surface area contributed by atoms with Crippen LogP contribution in [0.25, 0.3) is 0 Å². The van der Waals surface area contributed by atoms with Crippen molar-refractivity contribution in [3.8, 4) is 0 Å². The molecular weight excluding hydrogens is 188 g/mol. The molecule has 0 bridgehead atoms. The summed E-state index contributed by atoms with van der Waals surface area (Å²) in [5.41, 5.74) is 0.752. The minimum Gasteiger partial charge on any atom is -0.480 e. The highest BCUT2D eigenvalue weighted by Crippen LogP contribution is 2.21. The predicted octanol–water partition coefficient (Wildman–Crippen LogP) is -0.694. The van der Waals surface area contributed by atoms with Gasteiger partial charge in [0.1, 0.15) is 12.5 Å². The van der Waals surface area contributed by atoms with E-state index in [0.717, 1.165) is 10.7 Å². The van der Waals surface area contributed by atoms with Gasteiger partial charge < -0.3 is 9.84 Å². The Labute approximate surface area is 80.1 Å². The molecular formula is C8H10N2O4. The zero-order valence-electron chi connectivity index (χ0n) is 7.47. The highest BCUT2D eigenvalue weighted by Gasteiger charge is 2.38. The number of aliphatic carboxylic acids is 1. The van der Waals surface area contributed by atoms with Gasteiger partial charge in [0.2, 0.25) is 0 Å². The molecule has 2 aliphatic rings. The molecule has 14 heavy (non-hydrogen) atoms. The van der Waals surface area contributed by atoms with Crippen molar-refractivity contribution in [3.05, 3.63) is 0 Å². The van der Waals surface area contributed by atoms with Crippen molar-refractivity contribution in [2.24, 2.45) is 11.0 Å². The van der Waals surface area contributed by atoms with Crippen LogP contribution in [0.3, 0.4) is 0 Å². The topological polar surface area (TPSA) is 79.2 Å². The fraction of sp³-hybridized carbons (Fsp3) is 0.625. The Kier molecular flexibility index (Phi) is 2.20. The van der Waals surface area contributed by atoms with E-state index in [-0.39, 0.29) is 18.4 Å². The van der Waals surface area contributed by atoms with Crippen molar-refractivity contribution in [1.29, 1.82) is 0 Å². The molecule has 76 valence electrons. The van der Waals surface area contributed by atoms with Gasteiger partial charge in [-0.25, -0.2) is 5.01 Å². The highest BCUT2D eigenvalue weighted by atomic mass is 16.5. The molecule has 0 saturated carbocycles. The third-order valence-electron chi connectivity index (χ3n) is 2.28. The number of rotatable bonds is 2. The van der Waals surface area contributed by atoms with E-state index >= 15 is 0 Å². The van der Waals surface area contributed by atoms with Crippen LogP contribution >= 0.6 is 0 Å². The summed E-state index contributed by atoms with van der Waals surface area (Å²) >= 11 is 0. The van der Waals surface area contributed by atoms with Gasteiger partial charge in [0, 0.05) is 6.42 Å². The molecule has 6 nitrogen and oxygen atoms in total. The lowest BCUT2D eigenvalue weighted by Gasteiger charge is -2.16. The fourth-order valence-corrected chi connectivity index (χ4v) is 1.61. The molecule has 0 aromatic carbocycles. The van der Waals surface area contributed by atoms with Crippen molar-refractivity contribution in [3.63, 3.8) is 0 Å². The number of hydrazone groups is 1. The number of carboxylic acids is 1. The first-order valence-electron chi connectivity index (χ1n) is 4.37. The Morgan fingerprint density at radius 2 is 2.50 bits per heavy atom. The first-order valence-corrected chi connectivity index (χ1v) is 4.37. The lowest BCUT2D eigenvalue weighted by molar-refractivity contribution is -0.145. The minimum absolute atomic E-state index is 0.262. The lowest BCUT2D eigenvalue weighted by atomic mass is 10.0. The van der Waals surface area contributed by atoms with Gasteiger partial charge in [0.25, 0.3) is 5.91 Å². The summed E-state index contributed by atoms with van der Waals surface area (Å²) in [6.45, 7) is 0.524. The van der Waals surface area contributed by atoms with Crippen LogP contribution in [0.5, 0.6) is 0 Å². The monoisotopic (exact) mass is 198 g/mol. The molecule has 0 radical (unpaired) electrons. The largest absolute Gasteiger partial charge is 0.480 e. The summed E-state index contributed by atoms with van der Waals surface area (Å²) in [6.07, 6.45) is 0.618. The number of carboxylic acid groups (broad SMARTS) is 1. The summed E-state index contributed by atoms with van der Waals surface area (Å²) in [4.78, 5) is 22.0. The molecule has 2 rings (SSSR count). The van der Waals surface area contributed by atoms with Crippen LogP contribution in [0.15, 0.2) is 5.10 Å². The summed E-state index contributed by atoms with van der Waals surface area (Å²) in [5, 5.41) is 13.5. The second-order valence-electron chi connectivity index (χ2n) is 3.26. The molecule has 1 fully saturated rings. The second kappa shape index (κ2) is 3.38. The molecule has 2 heterocycles. The maximum Gasteiger partial charge on any atom is 0.325 e. The zero-order chi connectivity index (χ0) is 10.1. The quantitative estimate of drug-likeness (QED) is 0.636. The van der Waals surface area contributed by atoms with E-state index in [1.165, 1.54) is 0 Å². The van der Waals surface area contributed by atoms with Gasteiger partial charge in [-0.3, -0.25) is 9.59 Å². The van der Waals surface area contributed by atoms with E-state index in [9.17, 15) is 9.59 Å². The Morgan fingerprint density at radius 3 is 3.14 bits per heavy atom. The van der Waals surface area contributed by atoms with Gasteiger partial charge in [-0.15, -0.1) is 0 Å². The van der Waals surface area contributed by atoms with Crippen LogP contribution in [-0.4, -0.2) is 47.5 Å². The Hall–Kier alpha value is -1.43. The second-order valence-corrected chi connectivity index (χ2v) is 3.26. The summed E-state index contributed by atoms with van der Waals surface area (Å²) in [5.74, 6) is -1.66. The molecule has 0 aromatic rings. The molecule has 1 amide bonds. The number of carbonyl (C=O) groups excluding carboxylic acids is 1. The third kappa shape index (κ3) is 1.48. The van der Waals surface area contributed by atoms with Crippen molar-refractivity contribution >= 4 is 17.6 Å². The molecule has 6 heteroatoms. The Balaban J connectivity index is 2.11. The van der Waals surface area contributed by atoms with Crippen molar-refractivity contribution in [1.82, 2.24) is 5.01 Å². The van der Waals surface area contributed by atoms with E-state index in [4.69, 9.17) is 9.84 Å². The first-order chi connectivity index (χ1) is 6.68. The van der Waals surface area contributed by atoms with E-state index in [0.29, 0.717) is 19.6 Å². The van der Waals surface area contributed by atoms with Crippen LogP contribution in [0.2, 0.25) is 0 Å². The summed E-state index contributed by atoms with van der Waals surface area (Å²) in [7, 11) is 0. The van der Waals surface area contributed by atoms with Crippen LogP contribution in [0.1, 0.15) is 6.42 Å². The van der Waals surface area contributed by atoms with Crippen LogP contribution in [-0.2, 0) is 14.3 Å². The molecule has 2 aliphatic heterocycles. The average molecular weight is 198 g/mol. The molecule has 1 saturated heterocycles. The van der Waals surface area contributed by atoms with Gasteiger partial charge >= 0.3 is 5.97 Å². The average Bonchev–Trinajstić information content (AvgIpc) is 2.44. The smallest absolute Gasteiger partial charge is 0.325 e. The number of amides is 1. The Bertz CT molecular complexity index is 312.